The summed E-state index contributed by atoms with van der Waals surface area (Å²) in [6, 6.07) is 12.1. The Kier molecular flexibility index (Phi) is 2.30. The smallest absolute Gasteiger partial charge is 0.0877 e. The van der Waals surface area contributed by atoms with Crippen molar-refractivity contribution in [2.75, 3.05) is 0 Å². The van der Waals surface area contributed by atoms with Crippen LogP contribution in [0.3, 0.4) is 0 Å². The SMILES string of the molecule is C/C(=N/O)c1c(C)nn2c1ccc1ccccc12. The molecule has 0 amide bonds. The van der Waals surface area contributed by atoms with Crippen LogP contribution in [0.4, 0.5) is 0 Å². The molecule has 0 saturated heterocycles. The third-order valence-corrected chi connectivity index (χ3v) is 3.19. The van der Waals surface area contributed by atoms with Crippen molar-refractivity contribution in [1.29, 1.82) is 0 Å². The fourth-order valence-corrected chi connectivity index (χ4v) is 2.37. The zero-order valence-electron chi connectivity index (χ0n) is 10.3. The van der Waals surface area contributed by atoms with Crippen molar-refractivity contribution in [3.63, 3.8) is 0 Å². The molecule has 0 fully saturated rings. The maximum absolute atomic E-state index is 8.95. The van der Waals surface area contributed by atoms with Gasteiger partial charge in [0.25, 0.3) is 0 Å². The normalized spacial score (nSPS) is 12.4. The highest BCUT2D eigenvalue weighted by Gasteiger charge is 2.13. The largest absolute Gasteiger partial charge is 0.411 e. The lowest BCUT2D eigenvalue weighted by molar-refractivity contribution is 0.319. The lowest BCUT2D eigenvalue weighted by Gasteiger charge is -2.01. The van der Waals surface area contributed by atoms with Crippen LogP contribution in [0, 0.1) is 6.92 Å². The molecule has 0 unspecified atom stereocenters. The second kappa shape index (κ2) is 3.84. The Labute approximate surface area is 104 Å². The van der Waals surface area contributed by atoms with E-state index in [4.69, 9.17) is 5.21 Å². The first-order valence-corrected chi connectivity index (χ1v) is 5.78. The Morgan fingerprint density at radius 1 is 1.17 bits per heavy atom. The van der Waals surface area contributed by atoms with Gasteiger partial charge in [-0.1, -0.05) is 29.4 Å². The predicted molar refractivity (Wildman–Crippen MR) is 71.4 cm³/mol. The fraction of sp³-hybridized carbons (Fsp3) is 0.143. The average molecular weight is 239 g/mol. The molecule has 3 aromatic rings. The van der Waals surface area contributed by atoms with Gasteiger partial charge in [-0.2, -0.15) is 5.10 Å². The number of hydrogen-bond donors (Lipinski definition) is 1. The van der Waals surface area contributed by atoms with Crippen LogP contribution in [0.5, 0.6) is 0 Å². The van der Waals surface area contributed by atoms with Gasteiger partial charge >= 0.3 is 0 Å². The molecule has 18 heavy (non-hydrogen) atoms. The average Bonchev–Trinajstić information content (AvgIpc) is 2.74. The van der Waals surface area contributed by atoms with Gasteiger partial charge < -0.3 is 5.21 Å². The quantitative estimate of drug-likeness (QED) is 0.403. The van der Waals surface area contributed by atoms with E-state index in [1.165, 1.54) is 0 Å². The van der Waals surface area contributed by atoms with E-state index < -0.39 is 0 Å². The monoisotopic (exact) mass is 239 g/mol. The fourth-order valence-electron chi connectivity index (χ4n) is 2.37. The standard InChI is InChI=1S/C14H13N3O/c1-9-14(10(2)16-18)13-8-7-11-5-3-4-6-12(11)17(13)15-9/h3-8,18H,1-2H3/b16-10-. The van der Waals surface area contributed by atoms with E-state index in [9.17, 15) is 0 Å². The van der Waals surface area contributed by atoms with Crippen molar-refractivity contribution < 1.29 is 5.21 Å². The first-order valence-electron chi connectivity index (χ1n) is 5.78. The highest BCUT2D eigenvalue weighted by Crippen LogP contribution is 2.22. The van der Waals surface area contributed by atoms with Gasteiger partial charge in [0, 0.05) is 10.9 Å². The van der Waals surface area contributed by atoms with Crippen molar-refractivity contribution in [2.45, 2.75) is 13.8 Å². The molecule has 0 spiro atoms. The van der Waals surface area contributed by atoms with Gasteiger partial charge in [0.15, 0.2) is 0 Å². The van der Waals surface area contributed by atoms with Crippen LogP contribution in [0.25, 0.3) is 16.4 Å². The van der Waals surface area contributed by atoms with E-state index in [2.05, 4.69) is 22.4 Å². The lowest BCUT2D eigenvalue weighted by Crippen LogP contribution is -1.96. The minimum atomic E-state index is 0.581. The Bertz CT molecular complexity index is 771. The summed E-state index contributed by atoms with van der Waals surface area (Å²) in [6.45, 7) is 3.70. The van der Waals surface area contributed by atoms with Crippen LogP contribution >= 0.6 is 0 Å². The van der Waals surface area contributed by atoms with Crippen LogP contribution in [0.15, 0.2) is 41.6 Å². The van der Waals surface area contributed by atoms with Gasteiger partial charge in [-0.25, -0.2) is 4.52 Å². The molecule has 0 atom stereocenters. The van der Waals surface area contributed by atoms with Gasteiger partial charge in [-0.15, -0.1) is 0 Å². The Morgan fingerprint density at radius 3 is 2.72 bits per heavy atom. The van der Waals surface area contributed by atoms with E-state index in [1.54, 1.807) is 6.92 Å². The molecule has 1 N–H and O–H groups in total. The highest BCUT2D eigenvalue weighted by molar-refractivity contribution is 6.06. The van der Waals surface area contributed by atoms with Crippen LogP contribution in [-0.2, 0) is 0 Å². The van der Waals surface area contributed by atoms with Gasteiger partial charge in [-0.05, 0) is 26.0 Å². The minimum absolute atomic E-state index is 0.581. The van der Waals surface area contributed by atoms with Gasteiger partial charge in [0.05, 0.1) is 22.4 Å². The van der Waals surface area contributed by atoms with Gasteiger partial charge in [-0.3, -0.25) is 0 Å². The van der Waals surface area contributed by atoms with Crippen molar-refractivity contribution in [3.8, 4) is 0 Å². The molecule has 3 rings (SSSR count). The van der Waals surface area contributed by atoms with E-state index >= 15 is 0 Å². The number of hydrogen-bond acceptors (Lipinski definition) is 3. The second-order valence-corrected chi connectivity index (χ2v) is 4.34. The van der Waals surface area contributed by atoms with E-state index in [0.717, 1.165) is 27.7 Å². The number of aryl methyl sites for hydroxylation is 1. The van der Waals surface area contributed by atoms with E-state index in [1.807, 2.05) is 35.7 Å². The molecule has 2 heterocycles. The summed E-state index contributed by atoms with van der Waals surface area (Å²) in [5.74, 6) is 0. The minimum Gasteiger partial charge on any atom is -0.411 e. The Balaban J connectivity index is 2.48. The van der Waals surface area contributed by atoms with Crippen LogP contribution in [0.1, 0.15) is 18.2 Å². The second-order valence-electron chi connectivity index (χ2n) is 4.34. The molecule has 0 saturated carbocycles. The molecule has 4 nitrogen and oxygen atoms in total. The van der Waals surface area contributed by atoms with Crippen LogP contribution in [-0.4, -0.2) is 20.5 Å². The highest BCUT2D eigenvalue weighted by atomic mass is 16.4. The first-order chi connectivity index (χ1) is 8.72. The zero-order chi connectivity index (χ0) is 12.7. The van der Waals surface area contributed by atoms with Crippen molar-refractivity contribution in [2.24, 2.45) is 5.16 Å². The molecule has 0 radical (unpaired) electrons. The summed E-state index contributed by atoms with van der Waals surface area (Å²) in [4.78, 5) is 0. The van der Waals surface area contributed by atoms with E-state index in [0.29, 0.717) is 5.71 Å². The molecule has 0 aliphatic heterocycles. The number of aromatic nitrogens is 2. The molecular formula is C14H13N3O. The topological polar surface area (TPSA) is 49.9 Å². The van der Waals surface area contributed by atoms with Crippen LogP contribution in [0.2, 0.25) is 0 Å². The third-order valence-electron chi connectivity index (χ3n) is 3.19. The number of rotatable bonds is 1. The number of nitrogens with zero attached hydrogens (tertiary/aromatic N) is 3. The number of benzene rings is 1. The third kappa shape index (κ3) is 1.39. The summed E-state index contributed by atoms with van der Waals surface area (Å²) in [5, 5.41) is 17.9. The number of para-hydroxylation sites is 1. The number of pyridine rings is 1. The molecule has 0 bridgehead atoms. The summed E-state index contributed by atoms with van der Waals surface area (Å²) in [7, 11) is 0. The maximum atomic E-state index is 8.95. The maximum Gasteiger partial charge on any atom is 0.0877 e. The summed E-state index contributed by atoms with van der Waals surface area (Å²) in [6.07, 6.45) is 0. The molecule has 0 aliphatic rings. The lowest BCUT2D eigenvalue weighted by atomic mass is 10.1. The number of fused-ring (bicyclic) bond motifs is 3. The van der Waals surface area contributed by atoms with Crippen LogP contribution < -0.4 is 0 Å². The summed E-state index contributed by atoms with van der Waals surface area (Å²) in [5.41, 5.74) is 4.35. The van der Waals surface area contributed by atoms with E-state index in [-0.39, 0.29) is 0 Å². The van der Waals surface area contributed by atoms with Crippen molar-refractivity contribution in [1.82, 2.24) is 9.61 Å². The van der Waals surface area contributed by atoms with Gasteiger partial charge in [0.1, 0.15) is 0 Å². The molecule has 4 heteroatoms. The molecular weight excluding hydrogens is 226 g/mol. The molecule has 90 valence electrons. The zero-order valence-corrected chi connectivity index (χ0v) is 10.3. The van der Waals surface area contributed by atoms with Crippen molar-refractivity contribution in [3.05, 3.63) is 47.7 Å². The summed E-state index contributed by atoms with van der Waals surface area (Å²) < 4.78 is 1.90. The first kappa shape index (κ1) is 10.8. The van der Waals surface area contributed by atoms with Crippen molar-refractivity contribution >= 4 is 22.1 Å². The molecule has 2 aromatic heterocycles. The Morgan fingerprint density at radius 2 is 1.94 bits per heavy atom. The summed E-state index contributed by atoms with van der Waals surface area (Å²) >= 11 is 0. The molecule has 0 aliphatic carbocycles. The molecule has 1 aromatic carbocycles. The predicted octanol–water partition coefficient (Wildman–Crippen LogP) is 2.99. The van der Waals surface area contributed by atoms with Gasteiger partial charge in [0.2, 0.25) is 0 Å². The number of oxime groups is 1. The Hall–Kier alpha value is -2.36.